The lowest BCUT2D eigenvalue weighted by molar-refractivity contribution is 0.261. The number of hydrogen-bond donors (Lipinski definition) is 0. The molecule has 0 spiro atoms. The van der Waals surface area contributed by atoms with Crippen LogP contribution in [0.25, 0.3) is 32.3 Å². The van der Waals surface area contributed by atoms with E-state index in [2.05, 4.69) is 152 Å². The fraction of sp³-hybridized carbons (Fsp3) is 0.236. The summed E-state index contributed by atoms with van der Waals surface area (Å²) >= 11 is 0. The molecule has 3 aliphatic rings. The van der Waals surface area contributed by atoms with Gasteiger partial charge in [0.1, 0.15) is 55.4 Å². The van der Waals surface area contributed by atoms with Crippen molar-refractivity contribution in [1.82, 2.24) is 0 Å². The molecule has 11 rings (SSSR count). The Morgan fingerprint density at radius 3 is 1.31 bits per heavy atom. The second-order valence-corrected chi connectivity index (χ2v) is 16.9. The maximum absolute atomic E-state index is 6.44. The van der Waals surface area contributed by atoms with Crippen molar-refractivity contribution < 1.29 is 28.4 Å². The smallest absolute Gasteiger partial charge is 0.123 e. The molecule has 0 bridgehead atoms. The molecule has 304 valence electrons. The molecule has 3 atom stereocenters. The Morgan fingerprint density at radius 1 is 0.344 bits per heavy atom. The summed E-state index contributed by atoms with van der Waals surface area (Å²) < 4.78 is 34.9. The van der Waals surface area contributed by atoms with Crippen molar-refractivity contribution in [2.24, 2.45) is 0 Å². The predicted molar refractivity (Wildman–Crippen MR) is 242 cm³/mol. The van der Waals surface area contributed by atoms with E-state index in [1.165, 1.54) is 76.8 Å². The van der Waals surface area contributed by atoms with Crippen LogP contribution in [0, 0.1) is 0 Å². The first kappa shape index (κ1) is 37.8. The van der Waals surface area contributed by atoms with Gasteiger partial charge in [-0.3, -0.25) is 0 Å². The van der Waals surface area contributed by atoms with E-state index in [-0.39, 0.29) is 18.3 Å². The maximum Gasteiger partial charge on any atom is 0.123 e. The highest BCUT2D eigenvalue weighted by Crippen LogP contribution is 2.33. The van der Waals surface area contributed by atoms with Crippen LogP contribution in [0.4, 0.5) is 0 Å². The van der Waals surface area contributed by atoms with Crippen molar-refractivity contribution in [2.75, 3.05) is 39.6 Å². The quantitative estimate of drug-likeness (QED) is 0.0854. The van der Waals surface area contributed by atoms with Crippen molar-refractivity contribution >= 4 is 32.3 Å². The summed E-state index contributed by atoms with van der Waals surface area (Å²) in [5.74, 6) is 2.76. The van der Waals surface area contributed by atoms with Crippen LogP contribution in [-0.2, 0) is 39.9 Å². The molecule has 0 aromatic heterocycles. The fourth-order valence-corrected chi connectivity index (χ4v) is 8.43. The molecular weight excluding hydrogens is 757 g/mol. The van der Waals surface area contributed by atoms with Crippen LogP contribution >= 0.6 is 0 Å². The van der Waals surface area contributed by atoms with Crippen LogP contribution in [0.3, 0.4) is 0 Å². The summed E-state index contributed by atoms with van der Waals surface area (Å²) in [6, 6.07) is 55.4. The van der Waals surface area contributed by atoms with Gasteiger partial charge in [-0.25, -0.2) is 0 Å². The van der Waals surface area contributed by atoms with Crippen LogP contribution in [-0.4, -0.2) is 58.0 Å². The van der Waals surface area contributed by atoms with E-state index in [0.29, 0.717) is 19.8 Å². The van der Waals surface area contributed by atoms with Gasteiger partial charge in [0.25, 0.3) is 0 Å². The first-order chi connectivity index (χ1) is 30.1. The first-order valence-corrected chi connectivity index (χ1v) is 21.6. The van der Waals surface area contributed by atoms with Gasteiger partial charge in [0.2, 0.25) is 0 Å². The van der Waals surface area contributed by atoms with Crippen molar-refractivity contribution in [3.8, 4) is 17.2 Å². The van der Waals surface area contributed by atoms with Gasteiger partial charge < -0.3 is 28.4 Å². The zero-order valence-electron chi connectivity index (χ0n) is 34.2. The molecule has 6 nitrogen and oxygen atoms in total. The zero-order chi connectivity index (χ0) is 40.5. The third kappa shape index (κ3) is 9.43. The molecule has 0 saturated carbocycles. The lowest BCUT2D eigenvalue weighted by atomic mass is 9.94. The average molecular weight is 805 g/mol. The van der Waals surface area contributed by atoms with Gasteiger partial charge in [-0.15, -0.1) is 0 Å². The summed E-state index contributed by atoms with van der Waals surface area (Å²) in [6.45, 7) is 4.12. The summed E-state index contributed by atoms with van der Waals surface area (Å²) in [6.07, 6.45) is 3.91. The standard InChI is InChI=1S/C55H48O6/c1-2-10-43-28-54(60-34-52-32-58-52)48(25-42(43)9-1)23-38-7-4-6-37(18-38)20-41-12-14-46-29-55(61-35-53-33-59-53)49(26-47(46)22-41)24-39-8-3-5-36(17-39)19-40-11-13-45-27-50(16-15-44(45)21-40)56-30-51-31-57-51/h1-18,21-22,25-29,51-53H,19-20,23-24,30-35H2. The number of epoxide rings is 3. The Balaban J connectivity index is 0.814. The third-order valence-corrected chi connectivity index (χ3v) is 12.0. The molecule has 8 aromatic carbocycles. The number of ether oxygens (including phenoxy) is 6. The van der Waals surface area contributed by atoms with Crippen molar-refractivity contribution in [3.05, 3.63) is 196 Å². The van der Waals surface area contributed by atoms with E-state index >= 15 is 0 Å². The summed E-state index contributed by atoms with van der Waals surface area (Å²) in [7, 11) is 0. The lowest BCUT2D eigenvalue weighted by Crippen LogP contribution is -2.06. The third-order valence-electron chi connectivity index (χ3n) is 12.0. The Hall–Kier alpha value is -6.18. The zero-order valence-corrected chi connectivity index (χ0v) is 34.2. The molecule has 8 aromatic rings. The highest BCUT2D eigenvalue weighted by Gasteiger charge is 2.25. The molecule has 3 saturated heterocycles. The van der Waals surface area contributed by atoms with Crippen LogP contribution in [0.1, 0.15) is 44.5 Å². The van der Waals surface area contributed by atoms with Gasteiger partial charge in [-0.1, -0.05) is 115 Å². The molecular formula is C55H48O6. The van der Waals surface area contributed by atoms with Crippen LogP contribution in [0.2, 0.25) is 0 Å². The molecule has 3 unspecified atom stereocenters. The molecule has 0 amide bonds. The highest BCUT2D eigenvalue weighted by atomic mass is 16.6. The van der Waals surface area contributed by atoms with Crippen molar-refractivity contribution in [1.29, 1.82) is 0 Å². The predicted octanol–water partition coefficient (Wildman–Crippen LogP) is 10.8. The molecule has 3 aliphatic heterocycles. The SMILES string of the molecule is c1cc(Cc2ccc3cc(OCC4CO4)c(Cc4cccc(Cc5ccc6cc(OCC7CO7)ccc6c5)c4)cc3c2)cc(Cc2cc3ccccc3cc2OCC2CO2)c1. The number of hydrogen-bond acceptors (Lipinski definition) is 6. The Kier molecular flexibility index (Phi) is 10.3. The topological polar surface area (TPSA) is 65.3 Å². The second kappa shape index (κ2) is 16.7. The van der Waals surface area contributed by atoms with Gasteiger partial charge in [-0.05, 0) is 126 Å². The maximum atomic E-state index is 6.44. The Labute approximate surface area is 356 Å². The van der Waals surface area contributed by atoms with E-state index in [1.807, 2.05) is 0 Å². The van der Waals surface area contributed by atoms with Crippen LogP contribution < -0.4 is 14.2 Å². The van der Waals surface area contributed by atoms with E-state index in [4.69, 9.17) is 28.4 Å². The molecule has 61 heavy (non-hydrogen) atoms. The van der Waals surface area contributed by atoms with E-state index < -0.39 is 0 Å². The van der Waals surface area contributed by atoms with Gasteiger partial charge in [0, 0.05) is 12.8 Å². The van der Waals surface area contributed by atoms with Gasteiger partial charge in [-0.2, -0.15) is 0 Å². The van der Waals surface area contributed by atoms with Gasteiger partial charge >= 0.3 is 0 Å². The molecule has 3 heterocycles. The minimum Gasteiger partial charge on any atom is -0.491 e. The van der Waals surface area contributed by atoms with Gasteiger partial charge in [0.15, 0.2) is 0 Å². The number of benzene rings is 8. The molecule has 6 heteroatoms. The minimum atomic E-state index is 0.182. The largest absolute Gasteiger partial charge is 0.491 e. The minimum absolute atomic E-state index is 0.182. The summed E-state index contributed by atoms with van der Waals surface area (Å²) in [5, 5.41) is 7.21. The van der Waals surface area contributed by atoms with Crippen LogP contribution in [0.5, 0.6) is 17.2 Å². The Morgan fingerprint density at radius 2 is 0.754 bits per heavy atom. The monoisotopic (exact) mass is 804 g/mol. The molecule has 0 N–H and O–H groups in total. The molecule has 3 fully saturated rings. The second-order valence-electron chi connectivity index (χ2n) is 16.9. The first-order valence-electron chi connectivity index (χ1n) is 21.6. The van der Waals surface area contributed by atoms with E-state index in [9.17, 15) is 0 Å². The molecule has 0 radical (unpaired) electrons. The van der Waals surface area contributed by atoms with Gasteiger partial charge in [0.05, 0.1) is 19.8 Å². The Bertz CT molecular complexity index is 2870. The summed E-state index contributed by atoms with van der Waals surface area (Å²) in [4.78, 5) is 0. The van der Waals surface area contributed by atoms with Crippen LogP contribution in [0.15, 0.2) is 152 Å². The lowest BCUT2D eigenvalue weighted by Gasteiger charge is -2.15. The normalized spacial score (nSPS) is 17.7. The fourth-order valence-electron chi connectivity index (χ4n) is 8.43. The highest BCUT2D eigenvalue weighted by molar-refractivity contribution is 5.87. The van der Waals surface area contributed by atoms with E-state index in [1.54, 1.807) is 0 Å². The van der Waals surface area contributed by atoms with E-state index in [0.717, 1.165) is 62.8 Å². The molecule has 0 aliphatic carbocycles. The number of rotatable bonds is 17. The summed E-state index contributed by atoms with van der Waals surface area (Å²) in [5.41, 5.74) is 10.1. The number of fused-ring (bicyclic) bond motifs is 3. The van der Waals surface area contributed by atoms with Crippen molar-refractivity contribution in [2.45, 2.75) is 44.0 Å². The van der Waals surface area contributed by atoms with Crippen molar-refractivity contribution in [3.63, 3.8) is 0 Å². The average Bonchev–Trinajstić information content (AvgIpc) is 4.12.